The van der Waals surface area contributed by atoms with Crippen molar-refractivity contribution in [3.8, 4) is 0 Å². The first kappa shape index (κ1) is 12.7. The van der Waals surface area contributed by atoms with E-state index in [4.69, 9.17) is 21.6 Å². The molecule has 0 saturated heterocycles. The Morgan fingerprint density at radius 2 is 2.11 bits per heavy atom. The molecule has 0 saturated carbocycles. The maximum absolute atomic E-state index is 11.8. The molecule has 1 aromatic carbocycles. The van der Waals surface area contributed by atoms with E-state index >= 15 is 0 Å². The molecule has 1 aromatic heterocycles. The lowest BCUT2D eigenvalue weighted by Crippen LogP contribution is -2.30. The Morgan fingerprint density at radius 3 is 2.72 bits per heavy atom. The summed E-state index contributed by atoms with van der Waals surface area (Å²) < 4.78 is 0. The predicted octanol–water partition coefficient (Wildman–Crippen LogP) is 0.600. The molecule has 5 nitrogen and oxygen atoms in total. The molecule has 0 aliphatic heterocycles. The molecule has 0 fully saturated rings. The fourth-order valence-corrected chi connectivity index (χ4v) is 1.64. The smallest absolute Gasteiger partial charge is 0.423 e. The van der Waals surface area contributed by atoms with Crippen LogP contribution < -0.4 is 10.8 Å². The minimum absolute atomic E-state index is 0.303. The van der Waals surface area contributed by atoms with E-state index in [-0.39, 0.29) is 5.91 Å². The van der Waals surface area contributed by atoms with E-state index in [1.54, 1.807) is 18.2 Å². The van der Waals surface area contributed by atoms with E-state index in [0.717, 1.165) is 0 Å². The highest BCUT2D eigenvalue weighted by Crippen LogP contribution is 2.12. The summed E-state index contributed by atoms with van der Waals surface area (Å²) in [6.07, 6.45) is 1.50. The molecule has 92 valence electrons. The second-order valence-corrected chi connectivity index (χ2v) is 4.12. The van der Waals surface area contributed by atoms with Gasteiger partial charge >= 0.3 is 7.12 Å². The number of nitrogens with one attached hydrogen (secondary N) is 2. The standard InChI is InChI=1S/C11H10BClN2O3/c13-8-5-10(14-6-8)11(16)15-9-3-1-2-7(4-9)12(17)18/h1-6,14,17-18H,(H,15,16). The molecule has 18 heavy (non-hydrogen) atoms. The largest absolute Gasteiger partial charge is 0.488 e. The third kappa shape index (κ3) is 2.92. The van der Waals surface area contributed by atoms with Gasteiger partial charge < -0.3 is 20.3 Å². The molecule has 0 atom stereocenters. The Kier molecular flexibility index (Phi) is 3.71. The molecule has 7 heteroatoms. The number of aromatic amines is 1. The Labute approximate surface area is 109 Å². The molecule has 0 bridgehead atoms. The van der Waals surface area contributed by atoms with Crippen LogP contribution in [0.25, 0.3) is 0 Å². The zero-order chi connectivity index (χ0) is 13.1. The number of carbonyl (C=O) groups excluding carboxylic acids is 1. The van der Waals surface area contributed by atoms with Gasteiger partial charge in [0.05, 0.1) is 5.02 Å². The molecule has 1 heterocycles. The van der Waals surface area contributed by atoms with Crippen LogP contribution in [0.2, 0.25) is 5.02 Å². The van der Waals surface area contributed by atoms with Gasteiger partial charge in [-0.25, -0.2) is 0 Å². The third-order valence-electron chi connectivity index (χ3n) is 2.34. The van der Waals surface area contributed by atoms with Crippen LogP contribution in [0.15, 0.2) is 36.5 Å². The molecule has 2 rings (SSSR count). The zero-order valence-corrected chi connectivity index (χ0v) is 9.98. The topological polar surface area (TPSA) is 85.3 Å². The van der Waals surface area contributed by atoms with Crippen LogP contribution in [0.4, 0.5) is 5.69 Å². The lowest BCUT2D eigenvalue weighted by Gasteiger charge is -2.06. The molecule has 0 spiro atoms. The zero-order valence-electron chi connectivity index (χ0n) is 9.22. The SMILES string of the molecule is O=C(Nc1cccc(B(O)O)c1)c1cc(Cl)c[nH]1. The van der Waals surface area contributed by atoms with Crippen molar-refractivity contribution in [3.05, 3.63) is 47.2 Å². The van der Waals surface area contributed by atoms with Gasteiger partial charge in [-0.15, -0.1) is 0 Å². The molecule has 4 N–H and O–H groups in total. The Morgan fingerprint density at radius 1 is 1.33 bits per heavy atom. The molecule has 0 aliphatic rings. The van der Waals surface area contributed by atoms with E-state index in [1.807, 2.05) is 0 Å². The van der Waals surface area contributed by atoms with Crippen molar-refractivity contribution in [2.24, 2.45) is 0 Å². The molecular weight excluding hydrogens is 254 g/mol. The quantitative estimate of drug-likeness (QED) is 0.613. The number of hydrogen-bond donors (Lipinski definition) is 4. The molecule has 0 radical (unpaired) electrons. The van der Waals surface area contributed by atoms with Gasteiger partial charge in [0.1, 0.15) is 5.69 Å². The van der Waals surface area contributed by atoms with Crippen LogP contribution in [-0.4, -0.2) is 28.1 Å². The van der Waals surface area contributed by atoms with Gasteiger partial charge in [0, 0.05) is 11.9 Å². The summed E-state index contributed by atoms with van der Waals surface area (Å²) in [4.78, 5) is 14.5. The summed E-state index contributed by atoms with van der Waals surface area (Å²) in [7, 11) is -1.57. The van der Waals surface area contributed by atoms with Crippen molar-refractivity contribution in [1.29, 1.82) is 0 Å². The number of hydrogen-bond acceptors (Lipinski definition) is 3. The first-order valence-corrected chi connectivity index (χ1v) is 5.55. The summed E-state index contributed by atoms with van der Waals surface area (Å²) >= 11 is 5.70. The van der Waals surface area contributed by atoms with E-state index in [9.17, 15) is 4.79 Å². The molecular formula is C11H10BClN2O3. The van der Waals surface area contributed by atoms with E-state index in [2.05, 4.69) is 10.3 Å². The number of amides is 1. The van der Waals surface area contributed by atoms with Crippen LogP contribution in [0.1, 0.15) is 10.5 Å². The van der Waals surface area contributed by atoms with Crippen LogP contribution in [-0.2, 0) is 0 Å². The van der Waals surface area contributed by atoms with Crippen molar-refractivity contribution in [1.82, 2.24) is 4.98 Å². The fraction of sp³-hybridized carbons (Fsp3) is 0. The molecule has 0 aliphatic carbocycles. The lowest BCUT2D eigenvalue weighted by atomic mass is 9.80. The second kappa shape index (κ2) is 5.26. The van der Waals surface area contributed by atoms with Crippen molar-refractivity contribution in [2.75, 3.05) is 5.32 Å². The third-order valence-corrected chi connectivity index (χ3v) is 2.55. The highest BCUT2D eigenvalue weighted by atomic mass is 35.5. The maximum Gasteiger partial charge on any atom is 0.488 e. The number of rotatable bonds is 3. The number of anilines is 1. The van der Waals surface area contributed by atoms with Crippen LogP contribution in [0, 0.1) is 0 Å². The normalized spacial score (nSPS) is 10.2. The average molecular weight is 264 g/mol. The van der Waals surface area contributed by atoms with Crippen molar-refractivity contribution in [3.63, 3.8) is 0 Å². The molecule has 2 aromatic rings. The predicted molar refractivity (Wildman–Crippen MR) is 70.0 cm³/mol. The maximum atomic E-state index is 11.8. The van der Waals surface area contributed by atoms with Crippen molar-refractivity contribution < 1.29 is 14.8 Å². The molecule has 0 unspecified atom stereocenters. The van der Waals surface area contributed by atoms with Crippen molar-refractivity contribution in [2.45, 2.75) is 0 Å². The summed E-state index contributed by atoms with van der Waals surface area (Å²) in [6, 6.07) is 7.79. The fourth-order valence-electron chi connectivity index (χ4n) is 1.47. The van der Waals surface area contributed by atoms with Gasteiger partial charge in [-0.1, -0.05) is 23.7 Å². The van der Waals surface area contributed by atoms with E-state index in [0.29, 0.717) is 21.9 Å². The van der Waals surface area contributed by atoms with Gasteiger partial charge in [-0.05, 0) is 23.7 Å². The molecule has 1 amide bonds. The summed E-state index contributed by atoms with van der Waals surface area (Å²) in [5, 5.41) is 21.1. The lowest BCUT2D eigenvalue weighted by molar-refractivity contribution is 0.102. The van der Waals surface area contributed by atoms with Gasteiger partial charge in [-0.2, -0.15) is 0 Å². The van der Waals surface area contributed by atoms with Gasteiger partial charge in [0.15, 0.2) is 0 Å². The van der Waals surface area contributed by atoms with Crippen LogP contribution in [0.3, 0.4) is 0 Å². The Bertz CT molecular complexity index is 571. The van der Waals surface area contributed by atoms with Crippen LogP contribution in [0.5, 0.6) is 0 Å². The average Bonchev–Trinajstić information content (AvgIpc) is 2.76. The highest BCUT2D eigenvalue weighted by Gasteiger charge is 2.12. The first-order valence-electron chi connectivity index (χ1n) is 5.17. The number of H-pyrrole nitrogens is 1. The minimum Gasteiger partial charge on any atom is -0.423 e. The summed E-state index contributed by atoms with van der Waals surface area (Å²) in [6.45, 7) is 0. The summed E-state index contributed by atoms with van der Waals surface area (Å²) in [5.41, 5.74) is 1.10. The number of halogens is 1. The first-order chi connectivity index (χ1) is 8.56. The van der Waals surface area contributed by atoms with Gasteiger partial charge in [0.25, 0.3) is 5.91 Å². The van der Waals surface area contributed by atoms with E-state index < -0.39 is 7.12 Å². The number of carbonyl (C=O) groups is 1. The number of aromatic nitrogens is 1. The summed E-state index contributed by atoms with van der Waals surface area (Å²) in [5.74, 6) is -0.355. The monoisotopic (exact) mass is 264 g/mol. The van der Waals surface area contributed by atoms with Gasteiger partial charge in [0.2, 0.25) is 0 Å². The number of benzene rings is 1. The van der Waals surface area contributed by atoms with Crippen molar-refractivity contribution >= 4 is 35.8 Å². The Balaban J connectivity index is 2.14. The second-order valence-electron chi connectivity index (χ2n) is 3.68. The van der Waals surface area contributed by atoms with E-state index in [1.165, 1.54) is 18.3 Å². The van der Waals surface area contributed by atoms with Gasteiger partial charge in [-0.3, -0.25) is 4.79 Å². The Hall–Kier alpha value is -1.76. The minimum atomic E-state index is -1.57. The highest BCUT2D eigenvalue weighted by molar-refractivity contribution is 6.58. The van der Waals surface area contributed by atoms with Crippen LogP contribution >= 0.6 is 11.6 Å².